The van der Waals surface area contributed by atoms with Crippen LogP contribution in [0.15, 0.2) is 48.8 Å². The fourth-order valence-electron chi connectivity index (χ4n) is 7.83. The Morgan fingerprint density at radius 2 is 2.05 bits per heavy atom. The van der Waals surface area contributed by atoms with Gasteiger partial charge in [0.15, 0.2) is 0 Å². The van der Waals surface area contributed by atoms with Crippen LogP contribution in [0, 0.1) is 34.9 Å². The number of anilines is 3. The second-order valence-corrected chi connectivity index (χ2v) is 13.7. The first-order valence-corrected chi connectivity index (χ1v) is 16.0. The maximum Gasteiger partial charge on any atom is 0.248 e. The molecule has 0 radical (unpaired) electrons. The molecular weight excluding hydrogens is 565 g/mol. The maximum atomic E-state index is 13.7. The highest BCUT2D eigenvalue weighted by Gasteiger charge is 2.54. The fourth-order valence-corrected chi connectivity index (χ4v) is 8.02. The van der Waals surface area contributed by atoms with Gasteiger partial charge in [0, 0.05) is 17.1 Å². The monoisotopic (exact) mass is 603 g/mol. The SMILES string of the molecule is CN1CCC2(CC1)CC2COc1cc2ncnc(Nc3ccc(F)c(Cl)c3)c2cc1NC(=O)C=CCC1CC2CCC1C2. The molecule has 4 aliphatic rings. The standard InChI is InChI=1S/C34H39ClFN5O2/c1-41-11-9-34(10-12-41)18-24(34)19-43-31-17-29-26(33(38-20-37-29)39-25-7-8-28(36)27(35)15-25)16-30(31)40-32(42)4-2-3-22-13-21-5-6-23(22)14-21/h2,4,7-8,15-17,20-24H,3,5-6,9-14,18-19H2,1H3,(H,40,42)(H,37,38,39). The quantitative estimate of drug-likeness (QED) is 0.245. The van der Waals surface area contributed by atoms with Crippen molar-refractivity contribution in [1.29, 1.82) is 0 Å². The number of rotatable bonds is 9. The number of amides is 1. The molecule has 1 spiro atoms. The van der Waals surface area contributed by atoms with Gasteiger partial charge in [-0.15, -0.1) is 0 Å². The number of hydrogen-bond acceptors (Lipinski definition) is 6. The zero-order valence-corrected chi connectivity index (χ0v) is 25.4. The van der Waals surface area contributed by atoms with Gasteiger partial charge >= 0.3 is 0 Å². The summed E-state index contributed by atoms with van der Waals surface area (Å²) in [4.78, 5) is 24.5. The molecule has 3 aromatic rings. The number of halogens is 2. The van der Waals surface area contributed by atoms with Crippen molar-refractivity contribution >= 4 is 45.6 Å². The molecule has 1 saturated heterocycles. The van der Waals surface area contributed by atoms with E-state index in [0.29, 0.717) is 57.7 Å². The molecule has 4 unspecified atom stereocenters. The van der Waals surface area contributed by atoms with E-state index >= 15 is 0 Å². The van der Waals surface area contributed by atoms with E-state index < -0.39 is 5.82 Å². The van der Waals surface area contributed by atoms with Crippen LogP contribution in [0.25, 0.3) is 10.9 Å². The van der Waals surface area contributed by atoms with Crippen molar-refractivity contribution in [3.05, 3.63) is 59.7 Å². The summed E-state index contributed by atoms with van der Waals surface area (Å²) in [5.41, 5.74) is 2.24. The summed E-state index contributed by atoms with van der Waals surface area (Å²) in [6, 6.07) is 8.16. The van der Waals surface area contributed by atoms with Gasteiger partial charge in [-0.2, -0.15) is 0 Å². The lowest BCUT2D eigenvalue weighted by Crippen LogP contribution is -2.32. The molecule has 4 atom stereocenters. The van der Waals surface area contributed by atoms with E-state index in [1.54, 1.807) is 12.1 Å². The molecule has 2 N–H and O–H groups in total. The maximum absolute atomic E-state index is 13.7. The van der Waals surface area contributed by atoms with Crippen LogP contribution < -0.4 is 15.4 Å². The van der Waals surface area contributed by atoms with Crippen molar-refractivity contribution in [1.82, 2.24) is 14.9 Å². The van der Waals surface area contributed by atoms with Crippen molar-refractivity contribution in [2.75, 3.05) is 37.4 Å². The molecule has 3 saturated carbocycles. The summed E-state index contributed by atoms with van der Waals surface area (Å²) in [6.07, 6.45) is 15.1. The van der Waals surface area contributed by atoms with Crippen LogP contribution in [0.5, 0.6) is 5.75 Å². The zero-order chi connectivity index (χ0) is 29.6. The van der Waals surface area contributed by atoms with Gasteiger partial charge in [-0.1, -0.05) is 24.1 Å². The molecule has 3 aliphatic carbocycles. The number of aromatic nitrogens is 2. The van der Waals surface area contributed by atoms with Gasteiger partial charge in [0.1, 0.15) is 23.7 Å². The second-order valence-electron chi connectivity index (χ2n) is 13.3. The van der Waals surface area contributed by atoms with Crippen molar-refractivity contribution in [3.8, 4) is 5.75 Å². The van der Waals surface area contributed by atoms with Crippen LogP contribution in [0.4, 0.5) is 21.6 Å². The highest BCUT2D eigenvalue weighted by Crippen LogP contribution is 2.59. The van der Waals surface area contributed by atoms with Gasteiger partial charge in [0.2, 0.25) is 5.91 Å². The molecule has 2 bridgehead atoms. The predicted octanol–water partition coefficient (Wildman–Crippen LogP) is 7.60. The summed E-state index contributed by atoms with van der Waals surface area (Å²) in [5.74, 6) is 3.41. The van der Waals surface area contributed by atoms with Crippen molar-refractivity contribution in [2.24, 2.45) is 29.1 Å². The van der Waals surface area contributed by atoms with Crippen molar-refractivity contribution in [3.63, 3.8) is 0 Å². The minimum absolute atomic E-state index is 0.0201. The fraction of sp³-hybridized carbons (Fsp3) is 0.500. The topological polar surface area (TPSA) is 79.4 Å². The summed E-state index contributed by atoms with van der Waals surface area (Å²) < 4.78 is 20.2. The molecule has 2 aromatic carbocycles. The van der Waals surface area contributed by atoms with Gasteiger partial charge < -0.3 is 20.3 Å². The summed E-state index contributed by atoms with van der Waals surface area (Å²) in [5, 5.41) is 7.03. The number of piperidine rings is 1. The first kappa shape index (κ1) is 28.5. The van der Waals surface area contributed by atoms with Crippen LogP contribution in [-0.4, -0.2) is 47.5 Å². The highest BCUT2D eigenvalue weighted by atomic mass is 35.5. The number of likely N-dealkylation sites (tertiary alicyclic amines) is 1. The lowest BCUT2D eigenvalue weighted by atomic mass is 9.86. The molecule has 2 heterocycles. The predicted molar refractivity (Wildman–Crippen MR) is 168 cm³/mol. The molecule has 1 aliphatic heterocycles. The molecule has 226 valence electrons. The zero-order valence-electron chi connectivity index (χ0n) is 24.6. The molecule has 9 heteroatoms. The van der Waals surface area contributed by atoms with Crippen LogP contribution in [0.1, 0.15) is 51.4 Å². The average molecular weight is 604 g/mol. The first-order chi connectivity index (χ1) is 20.8. The Hall–Kier alpha value is -3.23. The number of nitrogens with zero attached hydrogens (tertiary/aromatic N) is 3. The van der Waals surface area contributed by atoms with Gasteiger partial charge in [-0.25, -0.2) is 14.4 Å². The van der Waals surface area contributed by atoms with E-state index in [2.05, 4.69) is 32.5 Å². The molecule has 4 fully saturated rings. The number of hydrogen-bond donors (Lipinski definition) is 2. The Labute approximate surface area is 257 Å². The number of carbonyl (C=O) groups excluding carboxylic acids is 1. The highest BCUT2D eigenvalue weighted by molar-refractivity contribution is 6.31. The summed E-state index contributed by atoms with van der Waals surface area (Å²) in [6.45, 7) is 2.88. The van der Waals surface area contributed by atoms with Crippen LogP contribution in [0.2, 0.25) is 5.02 Å². The minimum atomic E-state index is -0.488. The lowest BCUT2D eigenvalue weighted by Gasteiger charge is -2.30. The Morgan fingerprint density at radius 1 is 1.19 bits per heavy atom. The van der Waals surface area contributed by atoms with Gasteiger partial charge in [-0.3, -0.25) is 4.79 Å². The number of nitrogens with one attached hydrogen (secondary N) is 2. The number of fused-ring (bicyclic) bond motifs is 3. The minimum Gasteiger partial charge on any atom is -0.491 e. The van der Waals surface area contributed by atoms with Crippen molar-refractivity contribution in [2.45, 2.75) is 51.4 Å². The van der Waals surface area contributed by atoms with Crippen LogP contribution in [0.3, 0.4) is 0 Å². The van der Waals surface area contributed by atoms with Gasteiger partial charge in [0.05, 0.1) is 22.8 Å². The first-order valence-electron chi connectivity index (χ1n) is 15.6. The Morgan fingerprint density at radius 3 is 2.81 bits per heavy atom. The van der Waals surface area contributed by atoms with Gasteiger partial charge in [0.25, 0.3) is 0 Å². The molecule has 1 aromatic heterocycles. The lowest BCUT2D eigenvalue weighted by molar-refractivity contribution is -0.111. The number of benzene rings is 2. The normalized spacial score (nSPS) is 25.9. The Bertz CT molecular complexity index is 1560. The third-order valence-electron chi connectivity index (χ3n) is 10.6. The van der Waals surface area contributed by atoms with E-state index in [9.17, 15) is 9.18 Å². The number of ether oxygens (including phenoxy) is 1. The van der Waals surface area contributed by atoms with Crippen LogP contribution >= 0.6 is 11.6 Å². The summed E-state index contributed by atoms with van der Waals surface area (Å²) in [7, 11) is 2.19. The summed E-state index contributed by atoms with van der Waals surface area (Å²) >= 11 is 6.01. The molecule has 7 nitrogen and oxygen atoms in total. The smallest absolute Gasteiger partial charge is 0.248 e. The average Bonchev–Trinajstić information content (AvgIpc) is 3.26. The van der Waals surface area contributed by atoms with E-state index in [4.69, 9.17) is 16.3 Å². The van der Waals surface area contributed by atoms with E-state index in [1.807, 2.05) is 18.2 Å². The number of allylic oxidation sites excluding steroid dienone is 1. The second kappa shape index (κ2) is 11.7. The molecule has 7 rings (SSSR count). The molecule has 1 amide bonds. The van der Waals surface area contributed by atoms with Crippen molar-refractivity contribution < 1.29 is 13.9 Å². The van der Waals surface area contributed by atoms with Gasteiger partial charge in [-0.05, 0) is 125 Å². The third-order valence-corrected chi connectivity index (χ3v) is 10.8. The van der Waals surface area contributed by atoms with E-state index in [-0.39, 0.29) is 10.9 Å². The number of carbonyl (C=O) groups is 1. The molecule has 43 heavy (non-hydrogen) atoms. The third kappa shape index (κ3) is 6.09. The van der Waals surface area contributed by atoms with E-state index in [0.717, 1.165) is 31.3 Å². The Balaban J connectivity index is 1.11. The van der Waals surface area contributed by atoms with E-state index in [1.165, 1.54) is 63.4 Å². The largest absolute Gasteiger partial charge is 0.491 e. The molecular formula is C34H39ClFN5O2. The Kier molecular flexibility index (Phi) is 7.76. The van der Waals surface area contributed by atoms with Crippen LogP contribution in [-0.2, 0) is 4.79 Å².